The van der Waals surface area contributed by atoms with E-state index < -0.39 is 180 Å². The largest absolute Gasteiger partial charge is 0.508 e. The maximum atomic E-state index is 15.6. The number of nitrogens with one attached hydrogen (secondary N) is 6. The number of phenols is 1. The van der Waals surface area contributed by atoms with Gasteiger partial charge in [0.15, 0.2) is 28.9 Å². The molecular formula is C105H123N9O15S. The molecule has 0 aliphatic carbocycles. The molecule has 0 aliphatic rings. The number of ketones is 5. The number of Topliss-reactive ketones (excluding diaryl/α,β-unsaturated/α-hetero) is 5. The van der Waals surface area contributed by atoms with Crippen LogP contribution in [0.5, 0.6) is 5.75 Å². The summed E-state index contributed by atoms with van der Waals surface area (Å²) in [6.07, 6.45) is 2.01. The van der Waals surface area contributed by atoms with Crippen LogP contribution in [-0.4, -0.2) is 149 Å². The van der Waals surface area contributed by atoms with Crippen LogP contribution in [-0.2, 0) is 92.6 Å². The number of aromatic hydroxyl groups is 1. The summed E-state index contributed by atoms with van der Waals surface area (Å²) in [6.45, 7) is 20.2. The summed E-state index contributed by atoms with van der Waals surface area (Å²) in [5.41, 5.74) is 2.51. The van der Waals surface area contributed by atoms with Crippen molar-refractivity contribution in [3.63, 3.8) is 0 Å². The molecule has 0 aliphatic heterocycles. The van der Waals surface area contributed by atoms with E-state index in [1.165, 1.54) is 48.5 Å². The molecule has 0 fully saturated rings. The van der Waals surface area contributed by atoms with Crippen LogP contribution >= 0.6 is 11.8 Å². The van der Waals surface area contributed by atoms with E-state index >= 15 is 33.6 Å². The number of rotatable bonds is 46. The Morgan fingerprint density at radius 1 is 0.469 bits per heavy atom. The molecule has 684 valence electrons. The van der Waals surface area contributed by atoms with Gasteiger partial charge in [0.1, 0.15) is 28.5 Å². The highest BCUT2D eigenvalue weighted by molar-refractivity contribution is 7.98. The maximum absolute atomic E-state index is 15.6. The van der Waals surface area contributed by atoms with Gasteiger partial charge in [0.05, 0.1) is 59.8 Å². The lowest BCUT2D eigenvalue weighted by Gasteiger charge is -2.37. The average Bonchev–Trinajstić information content (AvgIpc) is 1.32. The number of thioether (sulfide) groups is 1. The summed E-state index contributed by atoms with van der Waals surface area (Å²) >= 11 is 1.50. The molecule has 0 radical (unpaired) electrons. The molecule has 130 heavy (non-hydrogen) atoms. The van der Waals surface area contributed by atoms with Gasteiger partial charge in [-0.15, -0.1) is 0 Å². The first-order chi connectivity index (χ1) is 62.0. The molecule has 24 nitrogen and oxygen atoms in total. The predicted molar refractivity (Wildman–Crippen MR) is 504 cm³/mol. The molecule has 9 atom stereocenters. The molecule has 10 aromatic rings. The van der Waals surface area contributed by atoms with E-state index in [9.17, 15) is 29.1 Å². The quantitative estimate of drug-likeness (QED) is 0.0174. The number of hydrogen-bond donors (Lipinski definition) is 7. The molecule has 7 N–H and O–H groups in total. The SMILES string of the molecule is CCC(=O)NC(CC(=O)NC(c1ccccc1)(c1ccccc1)c1ccccc1)C(=O)CC(CC(C)C)C(=O)NC(Cc1cn(C(=O)OC(C)(C)C)c2ccccc12)C(=O)CC(C)C(=O)NC(C(=O)CCC(=O)NC(Cc1cn(C(c2ccccc2)(c2ccccc2)c2ccccc2)cn1)C(=O)C[C@H](Cc1ccc(O)cc1)C(=O)NC(CCSC)C(C)=O)C(C)OC(C)(C)C. The Bertz CT molecular complexity index is 5330. The van der Waals surface area contributed by atoms with Crippen molar-refractivity contribution < 1.29 is 72.1 Å². The van der Waals surface area contributed by atoms with Gasteiger partial charge in [0.25, 0.3) is 0 Å². The van der Waals surface area contributed by atoms with Crippen molar-refractivity contribution in [2.45, 2.75) is 219 Å². The van der Waals surface area contributed by atoms with Gasteiger partial charge in [0, 0.05) is 86.9 Å². The first-order valence-electron chi connectivity index (χ1n) is 44.6. The van der Waals surface area contributed by atoms with Crippen molar-refractivity contribution in [2.24, 2.45) is 23.7 Å². The number of aromatic nitrogens is 3. The van der Waals surface area contributed by atoms with Crippen molar-refractivity contribution in [1.82, 2.24) is 46.0 Å². The highest BCUT2D eigenvalue weighted by Gasteiger charge is 2.43. The van der Waals surface area contributed by atoms with Gasteiger partial charge in [-0.05, 0) is 155 Å². The lowest BCUT2D eigenvalue weighted by Crippen LogP contribution is -2.52. The van der Waals surface area contributed by atoms with Crippen LogP contribution < -0.4 is 31.9 Å². The van der Waals surface area contributed by atoms with Gasteiger partial charge in [-0.25, -0.2) is 9.78 Å². The van der Waals surface area contributed by atoms with E-state index in [1.54, 1.807) is 98.1 Å². The topological polar surface area (TPSA) is 338 Å². The molecule has 0 saturated carbocycles. The van der Waals surface area contributed by atoms with Crippen LogP contribution in [0.1, 0.15) is 191 Å². The van der Waals surface area contributed by atoms with Crippen molar-refractivity contribution in [2.75, 3.05) is 12.0 Å². The highest BCUT2D eigenvalue weighted by Crippen LogP contribution is 2.42. The Morgan fingerprint density at radius 2 is 0.946 bits per heavy atom. The molecule has 2 aromatic heterocycles. The molecule has 25 heteroatoms. The minimum atomic E-state index is -1.46. The van der Waals surface area contributed by atoms with Crippen LogP contribution in [0.2, 0.25) is 0 Å². The second-order valence-electron chi connectivity index (χ2n) is 35.9. The standard InChI is InChI=1S/C105H123N9O15S/c1-14-94(121)107-88(64-96(123)112-104(76-35-21-15-22-36-76,77-37-23-16-24-38-77)78-39-25-17-26-40-78)93(120)61-73(57-68(2)3)99(125)110-86(60-75-65-114(101(127)129-103(10,11)12)89-48-34-33-47-84(75)89)91(118)58-69(4)98(124)111-97(71(6)128-102(7,8)9)90(117)53-54-95(122)108-87(92(119)62-74(59-72-49-51-83(116)52-50-72)100(126)109-85(70(5)115)55-56-130-13)63-82-66-113(67-106-82)105(79-41-27-18-28-42-79,80-43-29-19-30-44-80)81-45-31-20-32-46-81/h15-52,65-69,71,73-74,85-88,97,116H,14,53-64H2,1-13H3,(H,107,121)(H,108,122)(H,109,126)(H,110,125)(H,111,124)(H,112,123)/t69?,71?,73?,74-,85?,86?,87?,88?,97?/m0/s1. The number of carbonyl (C=O) groups is 12. The monoisotopic (exact) mass is 1780 g/mol. The lowest BCUT2D eigenvalue weighted by atomic mass is 9.76. The molecule has 0 spiro atoms. The molecule has 0 saturated heterocycles. The molecule has 10 rings (SSSR count). The fourth-order valence-corrected chi connectivity index (χ4v) is 17.2. The zero-order valence-corrected chi connectivity index (χ0v) is 77.4. The summed E-state index contributed by atoms with van der Waals surface area (Å²) in [7, 11) is 0. The number of hydrogen-bond acceptors (Lipinski definition) is 17. The predicted octanol–water partition coefficient (Wildman–Crippen LogP) is 15.2. The number of amides is 6. The third kappa shape index (κ3) is 26.7. The number of fused-ring (bicyclic) bond motifs is 1. The smallest absolute Gasteiger partial charge is 0.419 e. The maximum Gasteiger partial charge on any atom is 0.419 e. The fourth-order valence-electron chi connectivity index (χ4n) is 16.8. The van der Waals surface area contributed by atoms with E-state index in [4.69, 9.17) is 14.5 Å². The van der Waals surface area contributed by atoms with Crippen molar-refractivity contribution in [1.29, 1.82) is 0 Å². The van der Waals surface area contributed by atoms with Gasteiger partial charge in [-0.1, -0.05) is 240 Å². The second-order valence-corrected chi connectivity index (χ2v) is 36.9. The summed E-state index contributed by atoms with van der Waals surface area (Å²) < 4.78 is 15.5. The summed E-state index contributed by atoms with van der Waals surface area (Å²) in [6, 6.07) is 64.3. The second kappa shape index (κ2) is 46.0. The first-order valence-corrected chi connectivity index (χ1v) is 45.9. The van der Waals surface area contributed by atoms with Crippen LogP contribution in [0.25, 0.3) is 10.9 Å². The summed E-state index contributed by atoms with van der Waals surface area (Å²) in [4.78, 5) is 182. The van der Waals surface area contributed by atoms with E-state index in [0.29, 0.717) is 56.6 Å². The van der Waals surface area contributed by atoms with Crippen LogP contribution in [0.3, 0.4) is 0 Å². The van der Waals surface area contributed by atoms with E-state index in [1.807, 2.05) is 213 Å². The van der Waals surface area contributed by atoms with Crippen molar-refractivity contribution in [3.05, 3.63) is 299 Å². The molecule has 6 amide bonds. The summed E-state index contributed by atoms with van der Waals surface area (Å²) in [5, 5.41) is 28.5. The number of nitrogens with zero attached hydrogens (tertiary/aromatic N) is 3. The summed E-state index contributed by atoms with van der Waals surface area (Å²) in [5.74, 6) is -9.93. The first kappa shape index (κ1) is 99.4. The van der Waals surface area contributed by atoms with E-state index in [-0.39, 0.29) is 49.6 Å². The number of ether oxygens (including phenoxy) is 2. The number of imidazole rings is 1. The normalized spacial score (nSPS) is 13.9. The minimum Gasteiger partial charge on any atom is -0.508 e. The minimum absolute atomic E-state index is 0.00140. The van der Waals surface area contributed by atoms with Gasteiger partial charge in [-0.2, -0.15) is 11.8 Å². The average molecular weight is 1780 g/mol. The van der Waals surface area contributed by atoms with Crippen LogP contribution in [0.4, 0.5) is 4.79 Å². The Hall–Kier alpha value is -12.7. The Morgan fingerprint density at radius 3 is 1.45 bits per heavy atom. The zero-order valence-electron chi connectivity index (χ0n) is 76.5. The molecule has 8 unspecified atom stereocenters. The zero-order chi connectivity index (χ0) is 94.0. The fraction of sp³-hybridized carbons (Fsp3) is 0.381. The van der Waals surface area contributed by atoms with Crippen molar-refractivity contribution in [3.8, 4) is 5.75 Å². The highest BCUT2D eigenvalue weighted by atomic mass is 32.2. The Balaban J connectivity index is 0.929. The molecule has 0 bridgehead atoms. The van der Waals surface area contributed by atoms with Gasteiger partial charge in [0.2, 0.25) is 35.4 Å². The molecular weight excluding hydrogens is 1660 g/mol. The van der Waals surface area contributed by atoms with Gasteiger partial charge in [-0.3, -0.25) is 57.3 Å². The number of benzene rings is 8. The molecule has 8 aromatic carbocycles. The lowest BCUT2D eigenvalue weighted by molar-refractivity contribution is -0.139. The van der Waals surface area contributed by atoms with E-state index in [0.717, 1.165) is 16.7 Å². The third-order valence-electron chi connectivity index (χ3n) is 23.1. The Labute approximate surface area is 766 Å². The van der Waals surface area contributed by atoms with Gasteiger partial charge >= 0.3 is 6.09 Å². The van der Waals surface area contributed by atoms with E-state index in [2.05, 4.69) is 31.9 Å². The van der Waals surface area contributed by atoms with Gasteiger partial charge < -0.3 is 51.0 Å². The van der Waals surface area contributed by atoms with Crippen LogP contribution in [0.15, 0.2) is 249 Å². The number of para-hydroxylation sites is 1. The van der Waals surface area contributed by atoms with Crippen LogP contribution in [0, 0.1) is 23.7 Å². The number of carbonyl (C=O) groups excluding carboxylic acids is 12. The third-order valence-corrected chi connectivity index (χ3v) is 23.7. The number of phenolic OH excluding ortho intramolecular Hbond substituents is 1. The van der Waals surface area contributed by atoms with Crippen molar-refractivity contribution >= 4 is 93.1 Å². The molecule has 2 heterocycles. The Kier molecular flexibility index (Phi) is 35.2.